The van der Waals surface area contributed by atoms with Crippen molar-refractivity contribution in [1.82, 2.24) is 9.62 Å². The lowest BCUT2D eigenvalue weighted by atomic mass is 10.1. The minimum atomic E-state index is -3.58. The van der Waals surface area contributed by atoms with E-state index in [-0.39, 0.29) is 23.5 Å². The van der Waals surface area contributed by atoms with Crippen molar-refractivity contribution in [3.8, 4) is 11.5 Å². The molecule has 1 saturated carbocycles. The topological polar surface area (TPSA) is 84.9 Å². The summed E-state index contributed by atoms with van der Waals surface area (Å²) in [6, 6.07) is 4.57. The van der Waals surface area contributed by atoms with Crippen molar-refractivity contribution in [1.29, 1.82) is 0 Å². The number of hydrogen-bond acceptors (Lipinski definition) is 5. The van der Waals surface area contributed by atoms with Gasteiger partial charge in [-0.1, -0.05) is 12.8 Å². The van der Waals surface area contributed by atoms with Gasteiger partial charge in [0, 0.05) is 25.2 Å². The fraction of sp³-hybridized carbons (Fsp3) is 0.632. The molecule has 27 heavy (non-hydrogen) atoms. The number of rotatable bonds is 4. The highest BCUT2D eigenvalue weighted by molar-refractivity contribution is 7.89. The Balaban J connectivity index is 1.45. The Kier molecular flexibility index (Phi) is 5.27. The number of amides is 1. The Morgan fingerprint density at radius 3 is 2.52 bits per heavy atom. The number of carbonyl (C=O) groups is 1. The third-order valence-corrected chi connectivity index (χ3v) is 7.02. The molecule has 3 aliphatic rings. The van der Waals surface area contributed by atoms with Gasteiger partial charge in [-0.15, -0.1) is 0 Å². The molecule has 0 unspecified atom stereocenters. The molecular formula is C19H26N2O5S. The van der Waals surface area contributed by atoms with E-state index in [2.05, 4.69) is 4.72 Å². The molecule has 1 amide bonds. The van der Waals surface area contributed by atoms with Gasteiger partial charge >= 0.3 is 0 Å². The van der Waals surface area contributed by atoms with Crippen molar-refractivity contribution in [2.75, 3.05) is 19.7 Å². The van der Waals surface area contributed by atoms with Crippen LogP contribution in [0.4, 0.5) is 0 Å². The quantitative estimate of drug-likeness (QED) is 0.845. The molecular weight excluding hydrogens is 368 g/mol. The first kappa shape index (κ1) is 18.6. The summed E-state index contributed by atoms with van der Waals surface area (Å²) in [4.78, 5) is 14.6. The number of fused-ring (bicyclic) bond motifs is 1. The van der Waals surface area contributed by atoms with Crippen LogP contribution in [0, 0.1) is 0 Å². The van der Waals surface area contributed by atoms with Crippen LogP contribution in [0.5, 0.6) is 11.5 Å². The van der Waals surface area contributed by atoms with Crippen LogP contribution in [0.1, 0.15) is 44.9 Å². The van der Waals surface area contributed by atoms with Crippen LogP contribution in [0.2, 0.25) is 0 Å². The maximum absolute atomic E-state index is 12.6. The second-order valence-electron chi connectivity index (χ2n) is 7.51. The van der Waals surface area contributed by atoms with Crippen molar-refractivity contribution >= 4 is 15.9 Å². The molecule has 1 atom stereocenters. The van der Waals surface area contributed by atoms with Gasteiger partial charge in [0.25, 0.3) is 5.91 Å². The van der Waals surface area contributed by atoms with E-state index in [0.29, 0.717) is 11.5 Å². The third-order valence-electron chi connectivity index (χ3n) is 5.51. The van der Waals surface area contributed by atoms with Crippen molar-refractivity contribution in [2.24, 2.45) is 0 Å². The summed E-state index contributed by atoms with van der Waals surface area (Å²) < 4.78 is 39.4. The van der Waals surface area contributed by atoms with Crippen molar-refractivity contribution in [2.45, 2.75) is 62.0 Å². The van der Waals surface area contributed by atoms with Gasteiger partial charge in [-0.3, -0.25) is 4.79 Å². The number of piperidine rings is 1. The molecule has 7 nitrogen and oxygen atoms in total. The Hall–Kier alpha value is -1.80. The van der Waals surface area contributed by atoms with E-state index in [1.165, 1.54) is 12.1 Å². The van der Waals surface area contributed by atoms with E-state index < -0.39 is 16.1 Å². The number of benzene rings is 1. The smallest absolute Gasteiger partial charge is 0.267 e. The standard InChI is InChI=1S/C19H26N2O5S/c22-19(21-10-4-1-5-11-21)18-13-25-17-12-15(8-9-16(17)26-18)27(23,24)20-14-6-2-3-7-14/h8-9,12,14,18,20H,1-7,10-11,13H2/t18-/m1/s1. The van der Waals surface area contributed by atoms with E-state index in [9.17, 15) is 13.2 Å². The second-order valence-corrected chi connectivity index (χ2v) is 9.23. The third kappa shape index (κ3) is 4.06. The molecule has 2 heterocycles. The number of carbonyl (C=O) groups excluding carboxylic acids is 1. The number of nitrogens with zero attached hydrogens (tertiary/aromatic N) is 1. The predicted molar refractivity (Wildman–Crippen MR) is 99.4 cm³/mol. The van der Waals surface area contributed by atoms with Gasteiger partial charge in [0.05, 0.1) is 4.90 Å². The van der Waals surface area contributed by atoms with Crippen molar-refractivity contribution in [3.63, 3.8) is 0 Å². The molecule has 2 fully saturated rings. The van der Waals surface area contributed by atoms with Gasteiger partial charge in [0.2, 0.25) is 16.1 Å². The molecule has 0 spiro atoms. The Morgan fingerprint density at radius 2 is 1.78 bits per heavy atom. The first-order valence-electron chi connectivity index (χ1n) is 9.77. The lowest BCUT2D eigenvalue weighted by Crippen LogP contribution is -2.48. The lowest BCUT2D eigenvalue weighted by molar-refractivity contribution is -0.142. The molecule has 1 aromatic rings. The van der Waals surface area contributed by atoms with Gasteiger partial charge in [0.15, 0.2) is 11.5 Å². The molecule has 4 rings (SSSR count). The lowest BCUT2D eigenvalue weighted by Gasteiger charge is -2.32. The highest BCUT2D eigenvalue weighted by Crippen LogP contribution is 2.34. The Morgan fingerprint density at radius 1 is 1.04 bits per heavy atom. The van der Waals surface area contributed by atoms with Gasteiger partial charge in [0.1, 0.15) is 6.61 Å². The van der Waals surface area contributed by atoms with Gasteiger partial charge < -0.3 is 14.4 Å². The number of ether oxygens (including phenoxy) is 2. The molecule has 0 radical (unpaired) electrons. The number of hydrogen-bond donors (Lipinski definition) is 1. The van der Waals surface area contributed by atoms with Crippen LogP contribution < -0.4 is 14.2 Å². The molecule has 1 aromatic carbocycles. The maximum Gasteiger partial charge on any atom is 0.267 e. The number of sulfonamides is 1. The summed E-state index contributed by atoms with van der Waals surface area (Å²) in [5.74, 6) is 0.725. The summed E-state index contributed by atoms with van der Waals surface area (Å²) in [7, 11) is -3.58. The van der Waals surface area contributed by atoms with Crippen LogP contribution in [0.3, 0.4) is 0 Å². The SMILES string of the molecule is O=C([C@H]1COc2cc(S(=O)(=O)NC3CCCC3)ccc2O1)N1CCCCC1. The van der Waals surface area contributed by atoms with Crippen LogP contribution in [-0.4, -0.2) is 51.1 Å². The zero-order valence-corrected chi connectivity index (χ0v) is 16.2. The zero-order valence-electron chi connectivity index (χ0n) is 15.4. The first-order chi connectivity index (χ1) is 13.0. The van der Waals surface area contributed by atoms with E-state index in [1.54, 1.807) is 6.07 Å². The average Bonchev–Trinajstić information content (AvgIpc) is 3.19. The van der Waals surface area contributed by atoms with Crippen LogP contribution in [0.15, 0.2) is 23.1 Å². The highest BCUT2D eigenvalue weighted by Gasteiger charge is 2.32. The summed E-state index contributed by atoms with van der Waals surface area (Å²) in [6.07, 6.45) is 6.39. The highest BCUT2D eigenvalue weighted by atomic mass is 32.2. The molecule has 0 aromatic heterocycles. The normalized spacial score (nSPS) is 23.4. The molecule has 8 heteroatoms. The van der Waals surface area contributed by atoms with Crippen molar-refractivity contribution in [3.05, 3.63) is 18.2 Å². The van der Waals surface area contributed by atoms with Crippen LogP contribution in [0.25, 0.3) is 0 Å². The minimum Gasteiger partial charge on any atom is -0.485 e. The second kappa shape index (κ2) is 7.67. The molecule has 0 bridgehead atoms. The maximum atomic E-state index is 12.6. The zero-order chi connectivity index (χ0) is 18.9. The first-order valence-corrected chi connectivity index (χ1v) is 11.3. The van der Waals surface area contributed by atoms with E-state index in [4.69, 9.17) is 9.47 Å². The Labute approximate surface area is 160 Å². The summed E-state index contributed by atoms with van der Waals surface area (Å²) in [5, 5.41) is 0. The summed E-state index contributed by atoms with van der Waals surface area (Å²) in [5.41, 5.74) is 0. The van der Waals surface area contributed by atoms with Crippen LogP contribution >= 0.6 is 0 Å². The van der Waals surface area contributed by atoms with E-state index in [0.717, 1.165) is 58.0 Å². The molecule has 1 aliphatic carbocycles. The molecule has 148 valence electrons. The molecule has 2 aliphatic heterocycles. The summed E-state index contributed by atoms with van der Waals surface area (Å²) >= 11 is 0. The van der Waals surface area contributed by atoms with Gasteiger partial charge in [-0.05, 0) is 44.2 Å². The van der Waals surface area contributed by atoms with E-state index >= 15 is 0 Å². The number of nitrogens with one attached hydrogen (secondary N) is 1. The largest absolute Gasteiger partial charge is 0.485 e. The fourth-order valence-electron chi connectivity index (χ4n) is 3.99. The van der Waals surface area contributed by atoms with E-state index in [1.807, 2.05) is 4.90 Å². The van der Waals surface area contributed by atoms with Gasteiger partial charge in [-0.2, -0.15) is 0 Å². The predicted octanol–water partition coefficient (Wildman–Crippen LogP) is 2.06. The molecule has 1 saturated heterocycles. The Bertz CT molecular complexity index is 798. The minimum absolute atomic E-state index is 0.00902. The monoisotopic (exact) mass is 394 g/mol. The van der Waals surface area contributed by atoms with Crippen LogP contribution in [-0.2, 0) is 14.8 Å². The molecule has 1 N–H and O–H groups in total. The number of likely N-dealkylation sites (tertiary alicyclic amines) is 1. The average molecular weight is 394 g/mol. The summed E-state index contributed by atoms with van der Waals surface area (Å²) in [6.45, 7) is 1.62. The van der Waals surface area contributed by atoms with Crippen molar-refractivity contribution < 1.29 is 22.7 Å². The fourth-order valence-corrected chi connectivity index (χ4v) is 5.31. The van der Waals surface area contributed by atoms with Gasteiger partial charge in [-0.25, -0.2) is 13.1 Å².